The maximum absolute atomic E-state index is 13.0. The monoisotopic (exact) mass is 435 g/mol. The van der Waals surface area contributed by atoms with Gasteiger partial charge in [0.2, 0.25) is 5.91 Å². The standard InChI is InChI=1S/C20H20F3N5O3/c1-11-9-16(27-26-11)25-17(30)10-28-18(24-12(2)15(7-8-29)19(28)31)13-3-5-14(6-4-13)20(21,22)23/h3-6,9,29H,7-8,10H2,1-2H3,(H2,25,26,27,30). The van der Waals surface area contributed by atoms with Crippen LogP contribution in [0.4, 0.5) is 19.0 Å². The molecular weight excluding hydrogens is 415 g/mol. The lowest BCUT2D eigenvalue weighted by Gasteiger charge is -2.16. The molecule has 8 nitrogen and oxygen atoms in total. The highest BCUT2D eigenvalue weighted by Crippen LogP contribution is 2.30. The van der Waals surface area contributed by atoms with Gasteiger partial charge in [-0.3, -0.25) is 19.3 Å². The zero-order valence-corrected chi connectivity index (χ0v) is 16.7. The normalized spacial score (nSPS) is 11.5. The second kappa shape index (κ2) is 8.72. The minimum atomic E-state index is -4.51. The largest absolute Gasteiger partial charge is 0.416 e. The summed E-state index contributed by atoms with van der Waals surface area (Å²) in [5.74, 6) is -0.254. The number of aliphatic hydroxyl groups excluding tert-OH is 1. The average molecular weight is 435 g/mol. The first-order chi connectivity index (χ1) is 14.6. The Balaban J connectivity index is 2.03. The third-order valence-corrected chi connectivity index (χ3v) is 4.58. The molecule has 1 amide bonds. The van der Waals surface area contributed by atoms with Crippen molar-refractivity contribution in [2.24, 2.45) is 0 Å². The predicted octanol–water partition coefficient (Wildman–Crippen LogP) is 2.44. The Morgan fingerprint density at radius 2 is 1.90 bits per heavy atom. The Labute approximate surface area is 174 Å². The van der Waals surface area contributed by atoms with Crippen molar-refractivity contribution >= 4 is 11.7 Å². The van der Waals surface area contributed by atoms with E-state index in [9.17, 15) is 27.9 Å². The fourth-order valence-corrected chi connectivity index (χ4v) is 3.08. The van der Waals surface area contributed by atoms with Gasteiger partial charge in [0.1, 0.15) is 12.4 Å². The molecule has 3 aromatic rings. The first-order valence-corrected chi connectivity index (χ1v) is 9.31. The molecule has 0 saturated heterocycles. The molecule has 2 aromatic heterocycles. The molecule has 0 atom stereocenters. The summed E-state index contributed by atoms with van der Waals surface area (Å²) in [5.41, 5.74) is 0.123. The molecule has 1 aromatic carbocycles. The minimum absolute atomic E-state index is 0.0329. The number of H-pyrrole nitrogens is 1. The van der Waals surface area contributed by atoms with Gasteiger partial charge in [-0.15, -0.1) is 0 Å². The van der Waals surface area contributed by atoms with Crippen LogP contribution in [0.2, 0.25) is 0 Å². The summed E-state index contributed by atoms with van der Waals surface area (Å²) in [6, 6.07) is 5.76. The first kappa shape index (κ1) is 22.2. The number of anilines is 1. The highest BCUT2D eigenvalue weighted by molar-refractivity contribution is 5.89. The van der Waals surface area contributed by atoms with Crippen LogP contribution in [0, 0.1) is 13.8 Å². The summed E-state index contributed by atoms with van der Waals surface area (Å²) >= 11 is 0. The van der Waals surface area contributed by atoms with E-state index >= 15 is 0 Å². The van der Waals surface area contributed by atoms with Gasteiger partial charge in [0.05, 0.1) is 5.56 Å². The molecule has 0 saturated carbocycles. The lowest BCUT2D eigenvalue weighted by Crippen LogP contribution is -2.33. The van der Waals surface area contributed by atoms with E-state index in [-0.39, 0.29) is 35.8 Å². The van der Waals surface area contributed by atoms with E-state index in [0.717, 1.165) is 22.4 Å². The zero-order chi connectivity index (χ0) is 22.8. The Bertz CT molecular complexity index is 1150. The van der Waals surface area contributed by atoms with Gasteiger partial charge in [0, 0.05) is 41.6 Å². The Morgan fingerprint density at radius 1 is 1.23 bits per heavy atom. The van der Waals surface area contributed by atoms with Crippen molar-refractivity contribution in [3.05, 3.63) is 63.2 Å². The fourth-order valence-electron chi connectivity index (χ4n) is 3.08. The van der Waals surface area contributed by atoms with Crippen LogP contribution in [0.5, 0.6) is 0 Å². The van der Waals surface area contributed by atoms with Gasteiger partial charge in [-0.2, -0.15) is 18.3 Å². The van der Waals surface area contributed by atoms with Crippen LogP contribution in [0.25, 0.3) is 11.4 Å². The summed E-state index contributed by atoms with van der Waals surface area (Å²) in [4.78, 5) is 29.9. The number of halogens is 3. The molecule has 0 unspecified atom stereocenters. The zero-order valence-electron chi connectivity index (χ0n) is 16.7. The maximum Gasteiger partial charge on any atom is 0.416 e. The van der Waals surface area contributed by atoms with Crippen molar-refractivity contribution in [2.45, 2.75) is 33.0 Å². The second-order valence-corrected chi connectivity index (χ2v) is 6.92. The average Bonchev–Trinajstić information content (AvgIpc) is 3.11. The Kier molecular flexibility index (Phi) is 6.25. The predicted molar refractivity (Wildman–Crippen MR) is 106 cm³/mol. The number of aromatic nitrogens is 4. The van der Waals surface area contributed by atoms with Gasteiger partial charge in [0.25, 0.3) is 5.56 Å². The molecule has 31 heavy (non-hydrogen) atoms. The maximum atomic E-state index is 13.0. The highest BCUT2D eigenvalue weighted by atomic mass is 19.4. The van der Waals surface area contributed by atoms with Crippen molar-refractivity contribution in [2.75, 3.05) is 11.9 Å². The Morgan fingerprint density at radius 3 is 2.45 bits per heavy atom. The lowest BCUT2D eigenvalue weighted by atomic mass is 10.1. The van der Waals surface area contributed by atoms with Crippen LogP contribution in [0.1, 0.15) is 22.5 Å². The van der Waals surface area contributed by atoms with Crippen LogP contribution in [-0.2, 0) is 23.9 Å². The molecule has 0 bridgehead atoms. The van der Waals surface area contributed by atoms with E-state index in [2.05, 4.69) is 20.5 Å². The number of carbonyl (C=O) groups is 1. The van der Waals surface area contributed by atoms with Crippen LogP contribution in [-0.4, -0.2) is 37.4 Å². The lowest BCUT2D eigenvalue weighted by molar-refractivity contribution is -0.137. The van der Waals surface area contributed by atoms with Crippen LogP contribution in [0.3, 0.4) is 0 Å². The quantitative estimate of drug-likeness (QED) is 0.551. The molecule has 11 heteroatoms. The number of rotatable bonds is 6. The minimum Gasteiger partial charge on any atom is -0.396 e. The fraction of sp³-hybridized carbons (Fsp3) is 0.300. The SMILES string of the molecule is Cc1cc(NC(=O)Cn2c(-c3ccc(C(F)(F)F)cc3)nc(C)c(CCO)c2=O)n[nH]1. The van der Waals surface area contributed by atoms with Crippen molar-refractivity contribution in [3.8, 4) is 11.4 Å². The molecule has 0 radical (unpaired) electrons. The summed E-state index contributed by atoms with van der Waals surface area (Å²) in [7, 11) is 0. The summed E-state index contributed by atoms with van der Waals surface area (Å²) < 4.78 is 39.8. The van der Waals surface area contributed by atoms with Crippen molar-refractivity contribution < 1.29 is 23.1 Å². The van der Waals surface area contributed by atoms with Crippen molar-refractivity contribution in [1.82, 2.24) is 19.7 Å². The molecule has 3 rings (SSSR count). The topological polar surface area (TPSA) is 113 Å². The Hall–Kier alpha value is -3.47. The third-order valence-electron chi connectivity index (χ3n) is 4.58. The molecule has 0 aliphatic carbocycles. The van der Waals surface area contributed by atoms with E-state index in [1.54, 1.807) is 19.9 Å². The van der Waals surface area contributed by atoms with Crippen molar-refractivity contribution in [1.29, 1.82) is 0 Å². The number of nitrogens with zero attached hydrogens (tertiary/aromatic N) is 3. The first-order valence-electron chi connectivity index (χ1n) is 9.31. The van der Waals surface area contributed by atoms with Crippen molar-refractivity contribution in [3.63, 3.8) is 0 Å². The molecule has 164 valence electrons. The summed E-state index contributed by atoms with van der Waals surface area (Å²) in [5, 5.41) is 18.4. The van der Waals surface area contributed by atoms with Crippen LogP contribution >= 0.6 is 0 Å². The number of hydrogen-bond donors (Lipinski definition) is 3. The van der Waals surface area contributed by atoms with E-state index in [1.165, 1.54) is 12.1 Å². The van der Waals surface area contributed by atoms with E-state index in [4.69, 9.17) is 0 Å². The molecule has 0 fully saturated rings. The number of nitrogens with one attached hydrogen (secondary N) is 2. The van der Waals surface area contributed by atoms with Gasteiger partial charge in [-0.1, -0.05) is 12.1 Å². The molecule has 3 N–H and O–H groups in total. The number of amides is 1. The number of aryl methyl sites for hydroxylation is 2. The summed E-state index contributed by atoms with van der Waals surface area (Å²) in [6.45, 7) is 2.58. The molecule has 0 spiro atoms. The molecular formula is C20H20F3N5O3. The van der Waals surface area contributed by atoms with Gasteiger partial charge in [-0.05, 0) is 26.0 Å². The number of aromatic amines is 1. The van der Waals surface area contributed by atoms with E-state index < -0.39 is 29.8 Å². The summed E-state index contributed by atoms with van der Waals surface area (Å²) in [6.07, 6.45) is -4.47. The number of benzene rings is 1. The van der Waals surface area contributed by atoms with Gasteiger partial charge in [-0.25, -0.2) is 4.98 Å². The molecule has 0 aliphatic rings. The smallest absolute Gasteiger partial charge is 0.396 e. The number of alkyl halides is 3. The number of hydrogen-bond acceptors (Lipinski definition) is 5. The van der Waals surface area contributed by atoms with E-state index in [1.807, 2.05) is 0 Å². The molecule has 0 aliphatic heterocycles. The van der Waals surface area contributed by atoms with E-state index in [0.29, 0.717) is 5.69 Å². The highest BCUT2D eigenvalue weighted by Gasteiger charge is 2.30. The van der Waals surface area contributed by atoms with Gasteiger partial charge < -0.3 is 10.4 Å². The number of carbonyl (C=O) groups excluding carboxylic acids is 1. The molecule has 2 heterocycles. The van der Waals surface area contributed by atoms with Gasteiger partial charge in [0.15, 0.2) is 5.82 Å². The van der Waals surface area contributed by atoms with Crippen LogP contribution < -0.4 is 10.9 Å². The van der Waals surface area contributed by atoms with Crippen LogP contribution in [0.15, 0.2) is 35.1 Å². The third kappa shape index (κ3) is 5.00. The number of aliphatic hydroxyl groups is 1. The van der Waals surface area contributed by atoms with Gasteiger partial charge >= 0.3 is 6.18 Å². The second-order valence-electron chi connectivity index (χ2n) is 6.92.